The number of nitrogens with zero attached hydrogens (tertiary/aromatic N) is 2. The minimum absolute atomic E-state index is 0.132. The van der Waals surface area contributed by atoms with Crippen molar-refractivity contribution in [2.75, 3.05) is 34.3 Å². The lowest BCUT2D eigenvalue weighted by Gasteiger charge is -2.37. The molecular formula is C11H18N2O3. The highest BCUT2D eigenvalue weighted by atomic mass is 16.5. The molecule has 0 radical (unpaired) electrons. The van der Waals surface area contributed by atoms with Gasteiger partial charge in [0.05, 0.1) is 7.11 Å². The summed E-state index contributed by atoms with van der Waals surface area (Å²) in [5.41, 5.74) is 0.132. The van der Waals surface area contributed by atoms with E-state index < -0.39 is 5.97 Å². The van der Waals surface area contributed by atoms with E-state index in [2.05, 4.69) is 4.74 Å². The number of esters is 1. The topological polar surface area (TPSA) is 49.9 Å². The van der Waals surface area contributed by atoms with Crippen LogP contribution in [0.5, 0.6) is 0 Å². The van der Waals surface area contributed by atoms with Crippen molar-refractivity contribution < 1.29 is 14.3 Å². The molecule has 1 fully saturated rings. The first kappa shape index (κ1) is 12.5. The SMILES string of the molecule is COC(=O)C(C(C)=O)=C1N(C)CCCN1C. The Morgan fingerprint density at radius 1 is 1.19 bits per heavy atom. The van der Waals surface area contributed by atoms with Crippen molar-refractivity contribution in [2.24, 2.45) is 0 Å². The third-order valence-corrected chi connectivity index (χ3v) is 2.68. The summed E-state index contributed by atoms with van der Waals surface area (Å²) in [6.45, 7) is 3.07. The highest BCUT2D eigenvalue weighted by molar-refractivity contribution is 6.16. The molecule has 0 unspecified atom stereocenters. The summed E-state index contributed by atoms with van der Waals surface area (Å²) in [7, 11) is 5.03. The molecule has 1 rings (SSSR count). The van der Waals surface area contributed by atoms with Gasteiger partial charge in [-0.05, 0) is 13.3 Å². The molecule has 0 aromatic rings. The lowest BCUT2D eigenvalue weighted by Crippen LogP contribution is -2.41. The largest absolute Gasteiger partial charge is 0.465 e. The van der Waals surface area contributed by atoms with Crippen LogP contribution in [0.15, 0.2) is 11.4 Å². The summed E-state index contributed by atoms with van der Waals surface area (Å²) in [4.78, 5) is 26.9. The normalized spacial score (nSPS) is 16.1. The molecule has 90 valence electrons. The highest BCUT2D eigenvalue weighted by Crippen LogP contribution is 2.19. The molecule has 5 nitrogen and oxygen atoms in total. The van der Waals surface area contributed by atoms with Gasteiger partial charge in [0.25, 0.3) is 0 Å². The molecule has 0 spiro atoms. The summed E-state index contributed by atoms with van der Waals surface area (Å²) in [6.07, 6.45) is 1.02. The second-order valence-electron chi connectivity index (χ2n) is 3.94. The summed E-state index contributed by atoms with van der Waals surface area (Å²) in [6, 6.07) is 0. The zero-order valence-corrected chi connectivity index (χ0v) is 10.2. The number of ketones is 1. The van der Waals surface area contributed by atoms with Crippen LogP contribution < -0.4 is 0 Å². The van der Waals surface area contributed by atoms with Crippen LogP contribution in [0.3, 0.4) is 0 Å². The molecular weight excluding hydrogens is 208 g/mol. The molecule has 0 N–H and O–H groups in total. The first-order valence-corrected chi connectivity index (χ1v) is 5.24. The van der Waals surface area contributed by atoms with Crippen molar-refractivity contribution in [3.63, 3.8) is 0 Å². The second kappa shape index (κ2) is 5.01. The summed E-state index contributed by atoms with van der Waals surface area (Å²) in [5.74, 6) is -0.170. The third kappa shape index (κ3) is 2.35. The van der Waals surface area contributed by atoms with Crippen LogP contribution >= 0.6 is 0 Å². The molecule has 5 heteroatoms. The van der Waals surface area contributed by atoms with Gasteiger partial charge in [-0.2, -0.15) is 0 Å². The minimum atomic E-state index is -0.567. The fourth-order valence-electron chi connectivity index (χ4n) is 1.92. The molecule has 1 heterocycles. The number of rotatable bonds is 2. The predicted octanol–water partition coefficient (Wildman–Crippen LogP) is 0.227. The van der Waals surface area contributed by atoms with E-state index in [1.54, 1.807) is 0 Å². The Morgan fingerprint density at radius 2 is 1.69 bits per heavy atom. The van der Waals surface area contributed by atoms with E-state index >= 15 is 0 Å². The number of carbonyl (C=O) groups is 2. The van der Waals surface area contributed by atoms with Crippen molar-refractivity contribution in [3.05, 3.63) is 11.4 Å². The molecule has 0 aromatic heterocycles. The van der Waals surface area contributed by atoms with Gasteiger partial charge < -0.3 is 14.5 Å². The van der Waals surface area contributed by atoms with Gasteiger partial charge in [0.2, 0.25) is 0 Å². The molecule has 16 heavy (non-hydrogen) atoms. The predicted molar refractivity (Wildman–Crippen MR) is 59.6 cm³/mol. The number of hydrogen-bond acceptors (Lipinski definition) is 5. The highest BCUT2D eigenvalue weighted by Gasteiger charge is 2.27. The minimum Gasteiger partial charge on any atom is -0.465 e. The van der Waals surface area contributed by atoms with E-state index in [0.717, 1.165) is 19.5 Å². The van der Waals surface area contributed by atoms with Crippen molar-refractivity contribution in [2.45, 2.75) is 13.3 Å². The van der Waals surface area contributed by atoms with Crippen LogP contribution in [0.1, 0.15) is 13.3 Å². The average Bonchev–Trinajstić information content (AvgIpc) is 2.22. The van der Waals surface area contributed by atoms with Crippen molar-refractivity contribution in [3.8, 4) is 0 Å². The van der Waals surface area contributed by atoms with E-state index in [4.69, 9.17) is 0 Å². The lowest BCUT2D eigenvalue weighted by molar-refractivity contribution is -0.138. The maximum absolute atomic E-state index is 11.6. The van der Waals surface area contributed by atoms with Crippen LogP contribution in [0.4, 0.5) is 0 Å². The average molecular weight is 226 g/mol. The van der Waals surface area contributed by atoms with Gasteiger partial charge in [0.15, 0.2) is 5.78 Å². The van der Waals surface area contributed by atoms with Gasteiger partial charge in [-0.25, -0.2) is 4.79 Å². The van der Waals surface area contributed by atoms with Crippen molar-refractivity contribution in [1.29, 1.82) is 0 Å². The number of methoxy groups -OCH3 is 1. The summed E-state index contributed by atoms with van der Waals surface area (Å²) < 4.78 is 4.65. The number of hydrogen-bond donors (Lipinski definition) is 0. The van der Waals surface area contributed by atoms with Crippen LogP contribution in [0.2, 0.25) is 0 Å². The third-order valence-electron chi connectivity index (χ3n) is 2.68. The van der Waals surface area contributed by atoms with Gasteiger partial charge in [-0.3, -0.25) is 4.79 Å². The maximum atomic E-state index is 11.6. The number of carbonyl (C=O) groups excluding carboxylic acids is 2. The first-order chi connectivity index (χ1) is 7.49. The molecule has 0 saturated carbocycles. The molecule has 0 aliphatic carbocycles. The van der Waals surface area contributed by atoms with E-state index in [1.807, 2.05) is 23.9 Å². The van der Waals surface area contributed by atoms with E-state index in [9.17, 15) is 9.59 Å². The first-order valence-electron chi connectivity index (χ1n) is 5.24. The monoisotopic (exact) mass is 226 g/mol. The van der Waals surface area contributed by atoms with Gasteiger partial charge in [0.1, 0.15) is 11.4 Å². The Hall–Kier alpha value is -1.52. The lowest BCUT2D eigenvalue weighted by atomic mass is 10.1. The van der Waals surface area contributed by atoms with Crippen LogP contribution in [-0.4, -0.2) is 55.8 Å². The van der Waals surface area contributed by atoms with Crippen molar-refractivity contribution >= 4 is 11.8 Å². The fourth-order valence-corrected chi connectivity index (χ4v) is 1.92. The smallest absolute Gasteiger partial charge is 0.345 e. The van der Waals surface area contributed by atoms with Gasteiger partial charge in [0, 0.05) is 27.2 Å². The Bertz CT molecular complexity index is 324. The summed E-state index contributed by atoms with van der Waals surface area (Å²) >= 11 is 0. The molecule has 0 amide bonds. The number of ether oxygens (including phenoxy) is 1. The quantitative estimate of drug-likeness (QED) is 0.292. The zero-order valence-electron chi connectivity index (χ0n) is 10.2. The zero-order chi connectivity index (χ0) is 12.3. The Balaban J connectivity index is 3.21. The second-order valence-corrected chi connectivity index (χ2v) is 3.94. The van der Waals surface area contributed by atoms with Gasteiger partial charge >= 0.3 is 5.97 Å². The molecule has 1 aliphatic rings. The van der Waals surface area contributed by atoms with Crippen molar-refractivity contribution in [1.82, 2.24) is 9.80 Å². The molecule has 1 saturated heterocycles. The van der Waals surface area contributed by atoms with Gasteiger partial charge in [-0.15, -0.1) is 0 Å². The van der Waals surface area contributed by atoms with Crippen LogP contribution in [0.25, 0.3) is 0 Å². The number of Topliss-reactive ketones (excluding diaryl/α,β-unsaturated/α-hetero) is 1. The van der Waals surface area contributed by atoms with Crippen LogP contribution in [-0.2, 0) is 14.3 Å². The standard InChI is InChI=1S/C11H18N2O3/c1-8(14)9(11(15)16-4)10-12(2)6-5-7-13(10)3/h5-7H2,1-4H3. The summed E-state index contributed by atoms with van der Waals surface area (Å²) in [5, 5.41) is 0. The maximum Gasteiger partial charge on any atom is 0.345 e. The Labute approximate surface area is 95.6 Å². The molecule has 0 bridgehead atoms. The van der Waals surface area contributed by atoms with Gasteiger partial charge in [-0.1, -0.05) is 0 Å². The van der Waals surface area contributed by atoms with Crippen LogP contribution in [0, 0.1) is 0 Å². The Morgan fingerprint density at radius 3 is 2.06 bits per heavy atom. The van der Waals surface area contributed by atoms with E-state index in [0.29, 0.717) is 5.82 Å². The van der Waals surface area contributed by atoms with E-state index in [1.165, 1.54) is 14.0 Å². The molecule has 0 aromatic carbocycles. The molecule has 1 aliphatic heterocycles. The fraction of sp³-hybridized carbons (Fsp3) is 0.636. The Kier molecular flexibility index (Phi) is 3.93. The molecule has 0 atom stereocenters. The van der Waals surface area contributed by atoms with E-state index in [-0.39, 0.29) is 11.4 Å².